The third-order valence-corrected chi connectivity index (χ3v) is 3.68. The van der Waals surface area contributed by atoms with E-state index in [1.807, 2.05) is 27.8 Å². The quantitative estimate of drug-likeness (QED) is 0.823. The van der Waals surface area contributed by atoms with E-state index in [0.717, 1.165) is 6.42 Å². The molecule has 100 valence electrons. The average molecular weight is 242 g/mol. The summed E-state index contributed by atoms with van der Waals surface area (Å²) >= 11 is 0. The monoisotopic (exact) mass is 242 g/mol. The number of nitrogens with two attached hydrogens (primary N) is 1. The highest BCUT2D eigenvalue weighted by atomic mass is 16.6. The van der Waals surface area contributed by atoms with Crippen LogP contribution in [0.5, 0.6) is 0 Å². The summed E-state index contributed by atoms with van der Waals surface area (Å²) in [4.78, 5) is 13.7. The van der Waals surface area contributed by atoms with E-state index in [2.05, 4.69) is 6.92 Å². The summed E-state index contributed by atoms with van der Waals surface area (Å²) in [5.41, 5.74) is 5.44. The molecule has 0 heterocycles. The van der Waals surface area contributed by atoms with Crippen molar-refractivity contribution in [3.05, 3.63) is 0 Å². The number of hydrogen-bond acceptors (Lipinski definition) is 3. The van der Waals surface area contributed by atoms with Crippen LogP contribution < -0.4 is 5.73 Å². The molecule has 1 saturated carbocycles. The van der Waals surface area contributed by atoms with Crippen LogP contribution in [0, 0.1) is 5.41 Å². The fourth-order valence-electron chi connectivity index (χ4n) is 2.23. The molecule has 17 heavy (non-hydrogen) atoms. The van der Waals surface area contributed by atoms with Crippen molar-refractivity contribution in [2.24, 2.45) is 11.1 Å². The van der Waals surface area contributed by atoms with Crippen LogP contribution in [0.4, 0.5) is 4.79 Å². The number of carbonyl (C=O) groups is 1. The second-order valence-electron chi connectivity index (χ2n) is 6.17. The fraction of sp³-hybridized carbons (Fsp3) is 0.923. The molecule has 0 aromatic carbocycles. The van der Waals surface area contributed by atoms with Crippen molar-refractivity contribution < 1.29 is 9.53 Å². The van der Waals surface area contributed by atoms with Crippen molar-refractivity contribution in [2.45, 2.75) is 58.6 Å². The first-order valence-corrected chi connectivity index (χ1v) is 6.38. The Bertz CT molecular complexity index is 280. The molecule has 0 aromatic rings. The summed E-state index contributed by atoms with van der Waals surface area (Å²) in [5.74, 6) is 0. The molecule has 0 radical (unpaired) electrons. The standard InChI is InChI=1S/C13H26N2O2/c1-10(13(6-7-13)8-9-14)15(5)11(16)17-12(2,3)4/h10H,6-9,14H2,1-5H3. The lowest BCUT2D eigenvalue weighted by Crippen LogP contribution is -2.44. The van der Waals surface area contributed by atoms with E-state index in [4.69, 9.17) is 10.5 Å². The molecule has 2 N–H and O–H groups in total. The first-order valence-electron chi connectivity index (χ1n) is 6.38. The van der Waals surface area contributed by atoms with Gasteiger partial charge < -0.3 is 15.4 Å². The summed E-state index contributed by atoms with van der Waals surface area (Å²) in [5, 5.41) is 0. The molecular weight excluding hydrogens is 216 g/mol. The molecule has 1 rings (SSSR count). The van der Waals surface area contributed by atoms with Gasteiger partial charge in [-0.15, -0.1) is 0 Å². The van der Waals surface area contributed by atoms with Crippen LogP contribution in [0.25, 0.3) is 0 Å². The molecule has 0 aromatic heterocycles. The number of hydrogen-bond donors (Lipinski definition) is 1. The Morgan fingerprint density at radius 2 is 2.00 bits per heavy atom. The van der Waals surface area contributed by atoms with Crippen LogP contribution >= 0.6 is 0 Å². The second-order valence-corrected chi connectivity index (χ2v) is 6.17. The summed E-state index contributed by atoms with van der Waals surface area (Å²) in [6.45, 7) is 8.43. The molecule has 0 bridgehead atoms. The van der Waals surface area contributed by atoms with Gasteiger partial charge in [0.1, 0.15) is 5.60 Å². The molecular formula is C13H26N2O2. The van der Waals surface area contributed by atoms with Crippen LogP contribution in [-0.4, -0.2) is 36.2 Å². The van der Waals surface area contributed by atoms with Crippen molar-refractivity contribution in [1.82, 2.24) is 4.90 Å². The normalized spacial score (nSPS) is 19.6. The summed E-state index contributed by atoms with van der Waals surface area (Å²) in [7, 11) is 1.81. The van der Waals surface area contributed by atoms with Gasteiger partial charge in [0.15, 0.2) is 0 Å². The van der Waals surface area contributed by atoms with E-state index >= 15 is 0 Å². The lowest BCUT2D eigenvalue weighted by atomic mass is 9.93. The first-order chi connectivity index (χ1) is 7.72. The second kappa shape index (κ2) is 4.84. The van der Waals surface area contributed by atoms with Crippen LogP contribution in [-0.2, 0) is 4.74 Å². The predicted molar refractivity (Wildman–Crippen MR) is 68.8 cm³/mol. The minimum Gasteiger partial charge on any atom is -0.444 e. The molecule has 0 aliphatic heterocycles. The number of carbonyl (C=O) groups excluding carboxylic acids is 1. The van der Waals surface area contributed by atoms with Gasteiger partial charge in [0, 0.05) is 13.1 Å². The molecule has 4 heteroatoms. The highest BCUT2D eigenvalue weighted by Gasteiger charge is 2.49. The predicted octanol–water partition coefficient (Wildman–Crippen LogP) is 2.37. The largest absolute Gasteiger partial charge is 0.444 e. The smallest absolute Gasteiger partial charge is 0.410 e. The van der Waals surface area contributed by atoms with Crippen molar-refractivity contribution >= 4 is 6.09 Å². The van der Waals surface area contributed by atoms with Gasteiger partial charge >= 0.3 is 6.09 Å². The molecule has 1 unspecified atom stereocenters. The minimum absolute atomic E-state index is 0.195. The molecule has 1 amide bonds. The lowest BCUT2D eigenvalue weighted by Gasteiger charge is -2.33. The van der Waals surface area contributed by atoms with E-state index in [9.17, 15) is 4.79 Å². The summed E-state index contributed by atoms with van der Waals surface area (Å²) in [6.07, 6.45) is 3.08. The van der Waals surface area contributed by atoms with Gasteiger partial charge in [-0.3, -0.25) is 0 Å². The maximum absolute atomic E-state index is 12.0. The Hall–Kier alpha value is -0.770. The van der Waals surface area contributed by atoms with Crippen molar-refractivity contribution in [1.29, 1.82) is 0 Å². The van der Waals surface area contributed by atoms with E-state index in [1.54, 1.807) is 4.90 Å². The lowest BCUT2D eigenvalue weighted by molar-refractivity contribution is 0.0161. The van der Waals surface area contributed by atoms with Gasteiger partial charge in [-0.2, -0.15) is 0 Å². The van der Waals surface area contributed by atoms with Gasteiger partial charge in [-0.1, -0.05) is 0 Å². The minimum atomic E-state index is -0.435. The highest BCUT2D eigenvalue weighted by Crippen LogP contribution is 2.52. The highest BCUT2D eigenvalue weighted by molar-refractivity contribution is 5.68. The van der Waals surface area contributed by atoms with E-state index in [-0.39, 0.29) is 17.6 Å². The third-order valence-electron chi connectivity index (χ3n) is 3.68. The van der Waals surface area contributed by atoms with Gasteiger partial charge in [0.25, 0.3) is 0 Å². The Labute approximate surface area is 104 Å². The van der Waals surface area contributed by atoms with E-state index in [1.165, 1.54) is 12.8 Å². The summed E-state index contributed by atoms with van der Waals surface area (Å²) in [6, 6.07) is 0.195. The summed E-state index contributed by atoms with van der Waals surface area (Å²) < 4.78 is 5.38. The van der Waals surface area contributed by atoms with Crippen LogP contribution in [0.15, 0.2) is 0 Å². The maximum atomic E-state index is 12.0. The van der Waals surface area contributed by atoms with Crippen LogP contribution in [0.2, 0.25) is 0 Å². The first kappa shape index (κ1) is 14.3. The van der Waals surface area contributed by atoms with Crippen molar-refractivity contribution in [2.75, 3.05) is 13.6 Å². The van der Waals surface area contributed by atoms with Gasteiger partial charge in [-0.05, 0) is 58.9 Å². The fourth-order valence-corrected chi connectivity index (χ4v) is 2.23. The Kier molecular flexibility index (Phi) is 4.07. The maximum Gasteiger partial charge on any atom is 0.410 e. The van der Waals surface area contributed by atoms with E-state index < -0.39 is 5.60 Å². The Balaban J connectivity index is 2.58. The zero-order valence-electron chi connectivity index (χ0n) is 11.7. The van der Waals surface area contributed by atoms with Crippen molar-refractivity contribution in [3.8, 4) is 0 Å². The topological polar surface area (TPSA) is 55.6 Å². The molecule has 0 saturated heterocycles. The van der Waals surface area contributed by atoms with Gasteiger partial charge in [0.05, 0.1) is 0 Å². The van der Waals surface area contributed by atoms with Crippen molar-refractivity contribution in [3.63, 3.8) is 0 Å². The van der Waals surface area contributed by atoms with Crippen LogP contribution in [0.1, 0.15) is 47.0 Å². The third kappa shape index (κ3) is 3.60. The molecule has 4 nitrogen and oxygen atoms in total. The molecule has 0 spiro atoms. The van der Waals surface area contributed by atoms with E-state index in [0.29, 0.717) is 6.54 Å². The number of ether oxygens (including phenoxy) is 1. The molecule has 1 aliphatic carbocycles. The zero-order valence-corrected chi connectivity index (χ0v) is 11.7. The zero-order chi connectivity index (χ0) is 13.3. The molecule has 1 atom stereocenters. The molecule has 1 fully saturated rings. The SMILES string of the molecule is CC(N(C)C(=O)OC(C)(C)C)C1(CCN)CC1. The van der Waals surface area contributed by atoms with Gasteiger partial charge in [-0.25, -0.2) is 4.79 Å². The molecule has 1 aliphatic rings. The average Bonchev–Trinajstić information content (AvgIpc) is 2.94. The Morgan fingerprint density at radius 1 is 1.47 bits per heavy atom. The van der Waals surface area contributed by atoms with Crippen LogP contribution in [0.3, 0.4) is 0 Å². The number of amides is 1. The number of nitrogens with zero attached hydrogens (tertiary/aromatic N) is 1. The number of rotatable bonds is 4. The van der Waals surface area contributed by atoms with Gasteiger partial charge in [0.2, 0.25) is 0 Å². The Morgan fingerprint density at radius 3 is 2.35 bits per heavy atom.